The van der Waals surface area contributed by atoms with Gasteiger partial charge in [-0.05, 0) is 78.4 Å². The number of nitrogens with one attached hydrogen (secondary N) is 2. The first kappa shape index (κ1) is 30.7. The highest BCUT2D eigenvalue weighted by atomic mass is 16.6. The van der Waals surface area contributed by atoms with Gasteiger partial charge in [0.15, 0.2) is 0 Å². The number of methoxy groups -OCH3 is 2. The van der Waals surface area contributed by atoms with Gasteiger partial charge >= 0.3 is 24.1 Å². The Bertz CT molecular complexity index is 812. The lowest BCUT2D eigenvalue weighted by molar-refractivity contribution is -0.144. The van der Waals surface area contributed by atoms with Crippen LogP contribution in [0.25, 0.3) is 0 Å². The summed E-state index contributed by atoms with van der Waals surface area (Å²) in [5, 5.41) is 5.12. The Kier molecular flexibility index (Phi) is 11.7. The van der Waals surface area contributed by atoms with Crippen LogP contribution in [0.3, 0.4) is 0 Å². The molecule has 0 heterocycles. The van der Waals surface area contributed by atoms with Crippen LogP contribution in [0.2, 0.25) is 0 Å². The van der Waals surface area contributed by atoms with Crippen LogP contribution in [0.1, 0.15) is 65.5 Å². The fourth-order valence-electron chi connectivity index (χ4n) is 3.18. The Morgan fingerprint density at radius 2 is 0.972 bits per heavy atom. The summed E-state index contributed by atoms with van der Waals surface area (Å²) in [7, 11) is 2.53. The number of esters is 2. The Hall–Kier alpha value is -3.30. The van der Waals surface area contributed by atoms with E-state index in [1.165, 1.54) is 14.2 Å². The van der Waals surface area contributed by atoms with E-state index >= 15 is 0 Å². The maximum absolute atomic E-state index is 12.1. The first-order chi connectivity index (χ1) is 16.6. The maximum atomic E-state index is 12.1. The summed E-state index contributed by atoms with van der Waals surface area (Å²) >= 11 is 0. The molecule has 0 saturated carbocycles. The van der Waals surface area contributed by atoms with Gasteiger partial charge in [0.05, 0.1) is 14.2 Å². The second-order valence-corrected chi connectivity index (χ2v) is 10.3. The molecule has 0 aliphatic rings. The van der Waals surface area contributed by atoms with Crippen LogP contribution in [0.4, 0.5) is 9.59 Å². The van der Waals surface area contributed by atoms with E-state index in [4.69, 9.17) is 18.9 Å². The van der Waals surface area contributed by atoms with Crippen LogP contribution in [0.15, 0.2) is 24.3 Å². The van der Waals surface area contributed by atoms with Gasteiger partial charge in [0.1, 0.15) is 23.3 Å². The monoisotopic (exact) mass is 508 g/mol. The normalized spacial score (nSPS) is 13.1. The topological polar surface area (TPSA) is 129 Å². The van der Waals surface area contributed by atoms with Crippen molar-refractivity contribution in [3.8, 4) is 0 Å². The summed E-state index contributed by atoms with van der Waals surface area (Å²) in [6, 6.07) is 5.95. The predicted octanol–water partition coefficient (Wildman–Crippen LogP) is 3.68. The summed E-state index contributed by atoms with van der Waals surface area (Å²) in [5.74, 6) is -1.10. The van der Waals surface area contributed by atoms with Gasteiger partial charge in [0, 0.05) is 0 Å². The van der Waals surface area contributed by atoms with Crippen LogP contribution in [-0.4, -0.2) is 61.6 Å². The molecule has 0 bridgehead atoms. The average molecular weight is 509 g/mol. The van der Waals surface area contributed by atoms with Crippen LogP contribution < -0.4 is 10.6 Å². The summed E-state index contributed by atoms with van der Waals surface area (Å²) in [6.45, 7) is 10.4. The minimum Gasteiger partial charge on any atom is -0.467 e. The molecule has 0 aliphatic carbocycles. The molecule has 1 aromatic carbocycles. The van der Waals surface area contributed by atoms with Gasteiger partial charge < -0.3 is 29.6 Å². The fraction of sp³-hybridized carbons (Fsp3) is 0.615. The number of benzene rings is 1. The third kappa shape index (κ3) is 12.4. The van der Waals surface area contributed by atoms with Gasteiger partial charge in [-0.1, -0.05) is 24.3 Å². The molecule has 10 nitrogen and oxygen atoms in total. The zero-order chi connectivity index (χ0) is 27.5. The third-order valence-electron chi connectivity index (χ3n) is 4.82. The number of carbonyl (C=O) groups excluding carboxylic acids is 4. The Morgan fingerprint density at radius 1 is 0.667 bits per heavy atom. The molecule has 202 valence electrons. The van der Waals surface area contributed by atoms with Crippen molar-refractivity contribution in [3.05, 3.63) is 35.4 Å². The Morgan fingerprint density at radius 3 is 1.22 bits per heavy atom. The first-order valence-electron chi connectivity index (χ1n) is 11.9. The summed E-state index contributed by atoms with van der Waals surface area (Å²) in [5.41, 5.74) is 0.538. The number of alkyl carbamates (subject to hydrolysis) is 2. The van der Waals surface area contributed by atoms with Gasteiger partial charge in [-0.2, -0.15) is 0 Å². The highest BCUT2D eigenvalue weighted by molar-refractivity contribution is 5.82. The van der Waals surface area contributed by atoms with E-state index in [0.717, 1.165) is 11.1 Å². The van der Waals surface area contributed by atoms with Crippen molar-refractivity contribution in [1.29, 1.82) is 0 Å². The molecule has 1 aromatic rings. The minimum atomic E-state index is -0.843. The molecule has 0 radical (unpaired) electrons. The highest BCUT2D eigenvalue weighted by Crippen LogP contribution is 2.14. The number of ether oxygens (including phenoxy) is 4. The fourth-order valence-corrected chi connectivity index (χ4v) is 3.18. The molecule has 0 saturated heterocycles. The van der Waals surface area contributed by atoms with E-state index in [2.05, 4.69) is 10.6 Å². The zero-order valence-corrected chi connectivity index (χ0v) is 22.6. The molecule has 0 unspecified atom stereocenters. The average Bonchev–Trinajstić information content (AvgIpc) is 2.76. The van der Waals surface area contributed by atoms with E-state index in [1.54, 1.807) is 41.5 Å². The second kappa shape index (κ2) is 13.7. The number of rotatable bonds is 10. The smallest absolute Gasteiger partial charge is 0.408 e. The first-order valence-corrected chi connectivity index (χ1v) is 11.9. The number of carbonyl (C=O) groups is 4. The molecule has 10 heteroatoms. The van der Waals surface area contributed by atoms with Crippen molar-refractivity contribution in [2.45, 2.75) is 90.5 Å². The van der Waals surface area contributed by atoms with Crippen molar-refractivity contribution in [3.63, 3.8) is 0 Å². The van der Waals surface area contributed by atoms with E-state index in [0.29, 0.717) is 25.7 Å². The lowest BCUT2D eigenvalue weighted by Gasteiger charge is -2.23. The molecule has 0 fully saturated rings. The standard InChI is InChI=1S/C26H40N2O8/c1-25(2,3)35-23(31)27-19(21(29)33-7)15-13-17-9-11-18(12-10-17)14-16-20(22(30)34-8)28-24(32)36-26(4,5)6/h9-12,19-20H,13-16H2,1-8H3,(H,27,31)(H,28,32)/t19-,20-/m1/s1. The van der Waals surface area contributed by atoms with Crippen molar-refractivity contribution in [2.75, 3.05) is 14.2 Å². The number of amides is 2. The molecule has 2 N–H and O–H groups in total. The molecular weight excluding hydrogens is 468 g/mol. The summed E-state index contributed by atoms with van der Waals surface area (Å²) in [6.07, 6.45) is 0.314. The van der Waals surface area contributed by atoms with Gasteiger partial charge in [-0.3, -0.25) is 0 Å². The third-order valence-corrected chi connectivity index (χ3v) is 4.82. The van der Waals surface area contributed by atoms with Crippen LogP contribution >= 0.6 is 0 Å². The predicted molar refractivity (Wildman–Crippen MR) is 133 cm³/mol. The minimum absolute atomic E-state index is 0.329. The van der Waals surface area contributed by atoms with E-state index in [-0.39, 0.29) is 0 Å². The van der Waals surface area contributed by atoms with E-state index in [1.807, 2.05) is 24.3 Å². The van der Waals surface area contributed by atoms with E-state index in [9.17, 15) is 19.2 Å². The molecule has 0 aliphatic heterocycles. The molecule has 2 amide bonds. The largest absolute Gasteiger partial charge is 0.467 e. The number of hydrogen-bond donors (Lipinski definition) is 2. The molecule has 36 heavy (non-hydrogen) atoms. The van der Waals surface area contributed by atoms with Crippen LogP contribution in [0, 0.1) is 0 Å². The molecule has 2 atom stereocenters. The second-order valence-electron chi connectivity index (χ2n) is 10.3. The molecule has 0 spiro atoms. The molecular formula is C26H40N2O8. The lowest BCUT2D eigenvalue weighted by atomic mass is 10.0. The Balaban J connectivity index is 2.70. The number of hydrogen-bond acceptors (Lipinski definition) is 8. The Labute approximate surface area is 213 Å². The van der Waals surface area contributed by atoms with Crippen LogP contribution in [0.5, 0.6) is 0 Å². The zero-order valence-electron chi connectivity index (χ0n) is 22.6. The maximum Gasteiger partial charge on any atom is 0.408 e. The van der Waals surface area contributed by atoms with Crippen molar-refractivity contribution in [2.24, 2.45) is 0 Å². The molecule has 1 rings (SSSR count). The van der Waals surface area contributed by atoms with Crippen LogP contribution in [-0.2, 0) is 41.4 Å². The number of aryl methyl sites for hydroxylation is 2. The SMILES string of the molecule is COC(=O)[C@@H](CCc1ccc(CC[C@@H](NC(=O)OC(C)(C)C)C(=O)OC)cc1)NC(=O)OC(C)(C)C. The van der Waals surface area contributed by atoms with Gasteiger partial charge in [0.25, 0.3) is 0 Å². The summed E-state index contributed by atoms with van der Waals surface area (Å²) < 4.78 is 20.1. The quantitative estimate of drug-likeness (QED) is 0.362. The van der Waals surface area contributed by atoms with E-state index < -0.39 is 47.4 Å². The van der Waals surface area contributed by atoms with Gasteiger partial charge in [-0.25, -0.2) is 19.2 Å². The molecule has 0 aromatic heterocycles. The van der Waals surface area contributed by atoms with Gasteiger partial charge in [0.2, 0.25) is 0 Å². The van der Waals surface area contributed by atoms with Crippen molar-refractivity contribution < 1.29 is 38.1 Å². The lowest BCUT2D eigenvalue weighted by Crippen LogP contribution is -2.44. The van der Waals surface area contributed by atoms with Gasteiger partial charge in [-0.15, -0.1) is 0 Å². The summed E-state index contributed by atoms with van der Waals surface area (Å²) in [4.78, 5) is 48.3. The van der Waals surface area contributed by atoms with Crippen molar-refractivity contribution in [1.82, 2.24) is 10.6 Å². The highest BCUT2D eigenvalue weighted by Gasteiger charge is 2.26. The van der Waals surface area contributed by atoms with Crippen molar-refractivity contribution >= 4 is 24.1 Å².